The Morgan fingerprint density at radius 3 is 2.75 bits per heavy atom. The zero-order valence-electron chi connectivity index (χ0n) is 11.5. The van der Waals surface area contributed by atoms with E-state index in [-0.39, 0.29) is 19.7 Å². The minimum atomic E-state index is -0.806. The van der Waals surface area contributed by atoms with Crippen molar-refractivity contribution in [3.63, 3.8) is 0 Å². The highest BCUT2D eigenvalue weighted by molar-refractivity contribution is 5.95. The van der Waals surface area contributed by atoms with E-state index >= 15 is 0 Å². The molecule has 0 aromatic rings. The highest BCUT2D eigenvalue weighted by Crippen LogP contribution is 2.24. The first kappa shape index (κ1) is 15.0. The van der Waals surface area contributed by atoms with E-state index < -0.39 is 30.5 Å². The number of unbranched alkanes of at least 4 members (excludes halogenated alkanes) is 1. The Labute approximate surface area is 117 Å². The van der Waals surface area contributed by atoms with Crippen LogP contribution < -0.4 is 5.32 Å². The Bertz CT molecular complexity index is 378. The third kappa shape index (κ3) is 3.02. The molecule has 2 fully saturated rings. The molecule has 2 aliphatic heterocycles. The van der Waals surface area contributed by atoms with Gasteiger partial charge in [0.15, 0.2) is 0 Å². The fraction of sp³-hybridized carbons (Fsp3) is 0.833. The van der Waals surface area contributed by atoms with Gasteiger partial charge in [-0.15, -0.1) is 0 Å². The first-order valence-corrected chi connectivity index (χ1v) is 6.87. The van der Waals surface area contributed by atoms with Crippen molar-refractivity contribution in [2.75, 3.05) is 19.8 Å². The number of urea groups is 2. The largest absolute Gasteiger partial charge is 0.394 e. The number of carbonyl (C=O) groups excluding carboxylic acids is 2. The number of hydrogen-bond donors (Lipinski definition) is 3. The lowest BCUT2D eigenvalue weighted by Gasteiger charge is -2.38. The maximum atomic E-state index is 11.9. The molecule has 0 radical (unpaired) electrons. The molecular weight excluding hydrogens is 266 g/mol. The van der Waals surface area contributed by atoms with Crippen LogP contribution in [0.2, 0.25) is 0 Å². The molecule has 2 heterocycles. The van der Waals surface area contributed by atoms with E-state index in [1.54, 1.807) is 0 Å². The number of nitrogens with zero attached hydrogens (tertiary/aromatic N) is 2. The lowest BCUT2D eigenvalue weighted by molar-refractivity contribution is -0.0750. The molecule has 0 spiro atoms. The van der Waals surface area contributed by atoms with Gasteiger partial charge in [0.05, 0.1) is 12.7 Å². The van der Waals surface area contributed by atoms with E-state index in [0.29, 0.717) is 6.54 Å². The van der Waals surface area contributed by atoms with Crippen molar-refractivity contribution < 1.29 is 24.5 Å². The Balaban J connectivity index is 2.00. The van der Waals surface area contributed by atoms with E-state index in [1.165, 1.54) is 9.80 Å². The number of amides is 4. The molecule has 0 aromatic carbocycles. The van der Waals surface area contributed by atoms with Crippen molar-refractivity contribution in [1.82, 2.24) is 15.1 Å². The van der Waals surface area contributed by atoms with Crippen LogP contribution in [0.5, 0.6) is 0 Å². The molecule has 0 bridgehead atoms. The van der Waals surface area contributed by atoms with E-state index in [2.05, 4.69) is 5.32 Å². The summed E-state index contributed by atoms with van der Waals surface area (Å²) >= 11 is 0. The summed E-state index contributed by atoms with van der Waals surface area (Å²) in [5.41, 5.74) is 0. The number of imide groups is 1. The Morgan fingerprint density at radius 2 is 2.15 bits per heavy atom. The molecule has 2 saturated heterocycles. The molecule has 4 amide bonds. The number of rotatable bonds is 5. The maximum absolute atomic E-state index is 11.9. The number of carbonyl (C=O) groups is 2. The van der Waals surface area contributed by atoms with Crippen LogP contribution in [-0.4, -0.2) is 70.3 Å². The molecule has 20 heavy (non-hydrogen) atoms. The van der Waals surface area contributed by atoms with Gasteiger partial charge in [-0.3, -0.25) is 10.2 Å². The van der Waals surface area contributed by atoms with Crippen LogP contribution in [0.15, 0.2) is 0 Å². The van der Waals surface area contributed by atoms with Gasteiger partial charge in [-0.05, 0) is 6.42 Å². The standard InChI is InChI=1S/C12H21N3O5/c1-2-3-4-14-7-15(12(19)13-11(14)18)10-5-8(17)9(6-16)20-10/h8-10,16-17H,2-7H2,1H3,(H,13,18,19)/t8-,9+,10+/m0/s1. The Kier molecular flexibility index (Phi) is 4.79. The molecule has 114 valence electrons. The zero-order valence-corrected chi connectivity index (χ0v) is 11.5. The number of nitrogens with one attached hydrogen (secondary N) is 1. The van der Waals surface area contributed by atoms with Gasteiger partial charge in [0.1, 0.15) is 19.0 Å². The normalized spacial score (nSPS) is 30.9. The molecule has 8 nitrogen and oxygen atoms in total. The fourth-order valence-electron chi connectivity index (χ4n) is 2.37. The van der Waals surface area contributed by atoms with Gasteiger partial charge in [-0.2, -0.15) is 0 Å². The van der Waals surface area contributed by atoms with Gasteiger partial charge in [-0.25, -0.2) is 9.59 Å². The van der Waals surface area contributed by atoms with Crippen LogP contribution in [0.4, 0.5) is 9.59 Å². The summed E-state index contributed by atoms with van der Waals surface area (Å²) in [5, 5.41) is 21.0. The topological polar surface area (TPSA) is 102 Å². The first-order valence-electron chi connectivity index (χ1n) is 6.87. The van der Waals surface area contributed by atoms with Crippen molar-refractivity contribution in [3.05, 3.63) is 0 Å². The maximum Gasteiger partial charge on any atom is 0.328 e. The summed E-state index contributed by atoms with van der Waals surface area (Å²) in [6.45, 7) is 2.42. The van der Waals surface area contributed by atoms with Crippen molar-refractivity contribution >= 4 is 12.1 Å². The van der Waals surface area contributed by atoms with E-state index in [0.717, 1.165) is 12.8 Å². The highest BCUT2D eigenvalue weighted by Gasteiger charge is 2.41. The molecule has 0 aromatic heterocycles. The van der Waals surface area contributed by atoms with Crippen LogP contribution in [0.3, 0.4) is 0 Å². The quantitative estimate of drug-likeness (QED) is 0.642. The molecule has 2 rings (SSSR count). The number of hydrogen-bond acceptors (Lipinski definition) is 5. The number of aliphatic hydroxyl groups is 2. The molecular formula is C12H21N3O5. The molecule has 8 heteroatoms. The number of ether oxygens (including phenoxy) is 1. The van der Waals surface area contributed by atoms with E-state index in [9.17, 15) is 14.7 Å². The minimum Gasteiger partial charge on any atom is -0.394 e. The van der Waals surface area contributed by atoms with Gasteiger partial charge in [0.2, 0.25) is 0 Å². The van der Waals surface area contributed by atoms with Crippen molar-refractivity contribution in [2.24, 2.45) is 0 Å². The van der Waals surface area contributed by atoms with Gasteiger partial charge in [0.25, 0.3) is 0 Å². The third-order valence-electron chi connectivity index (χ3n) is 3.60. The molecule has 0 saturated carbocycles. The second kappa shape index (κ2) is 6.38. The van der Waals surface area contributed by atoms with E-state index in [1.807, 2.05) is 6.92 Å². The molecule has 2 aliphatic rings. The molecule has 0 unspecified atom stereocenters. The molecule has 3 N–H and O–H groups in total. The molecule has 3 atom stereocenters. The van der Waals surface area contributed by atoms with Gasteiger partial charge in [-0.1, -0.05) is 13.3 Å². The lowest BCUT2D eigenvalue weighted by Crippen LogP contribution is -2.61. The smallest absolute Gasteiger partial charge is 0.328 e. The van der Waals surface area contributed by atoms with Crippen LogP contribution >= 0.6 is 0 Å². The second-order valence-corrected chi connectivity index (χ2v) is 5.08. The Morgan fingerprint density at radius 1 is 1.40 bits per heavy atom. The van der Waals surface area contributed by atoms with Gasteiger partial charge in [0, 0.05) is 13.0 Å². The van der Waals surface area contributed by atoms with Crippen molar-refractivity contribution in [1.29, 1.82) is 0 Å². The summed E-state index contributed by atoms with van der Waals surface area (Å²) < 4.78 is 5.45. The SMILES string of the molecule is CCCCN1CN([C@H]2C[C@H](O)[C@@H](CO)O2)C(=O)NC1=O. The predicted molar refractivity (Wildman–Crippen MR) is 68.6 cm³/mol. The first-order chi connectivity index (χ1) is 9.56. The summed E-state index contributed by atoms with van der Waals surface area (Å²) in [6, 6.07) is -0.935. The summed E-state index contributed by atoms with van der Waals surface area (Å²) in [4.78, 5) is 26.5. The lowest BCUT2D eigenvalue weighted by atomic mass is 10.2. The van der Waals surface area contributed by atoms with Crippen LogP contribution in [0, 0.1) is 0 Å². The van der Waals surface area contributed by atoms with Crippen LogP contribution in [0.1, 0.15) is 26.2 Å². The zero-order chi connectivity index (χ0) is 14.7. The Hall–Kier alpha value is -1.38. The average Bonchev–Trinajstić information content (AvgIpc) is 2.79. The number of aliphatic hydroxyl groups excluding tert-OH is 2. The summed E-state index contributed by atoms with van der Waals surface area (Å²) in [7, 11) is 0. The summed E-state index contributed by atoms with van der Waals surface area (Å²) in [6.07, 6.45) is -0.0892. The van der Waals surface area contributed by atoms with Gasteiger partial charge < -0.3 is 19.8 Å². The fourth-order valence-corrected chi connectivity index (χ4v) is 2.37. The van der Waals surface area contributed by atoms with Crippen LogP contribution in [0.25, 0.3) is 0 Å². The monoisotopic (exact) mass is 287 g/mol. The average molecular weight is 287 g/mol. The minimum absolute atomic E-state index is 0.139. The van der Waals surface area contributed by atoms with Crippen LogP contribution in [-0.2, 0) is 4.74 Å². The van der Waals surface area contributed by atoms with Crippen molar-refractivity contribution in [2.45, 2.75) is 44.6 Å². The van der Waals surface area contributed by atoms with Crippen molar-refractivity contribution in [3.8, 4) is 0 Å². The second-order valence-electron chi connectivity index (χ2n) is 5.08. The summed E-state index contributed by atoms with van der Waals surface area (Å²) in [5.74, 6) is 0. The predicted octanol–water partition coefficient (Wildman–Crippen LogP) is -0.341. The highest BCUT2D eigenvalue weighted by atomic mass is 16.5. The molecule has 0 aliphatic carbocycles. The third-order valence-corrected chi connectivity index (χ3v) is 3.60. The van der Waals surface area contributed by atoms with E-state index in [4.69, 9.17) is 9.84 Å². The van der Waals surface area contributed by atoms with Gasteiger partial charge >= 0.3 is 12.1 Å².